The van der Waals surface area contributed by atoms with Gasteiger partial charge in [-0.15, -0.1) is 0 Å². The maximum absolute atomic E-state index is 5.68. The van der Waals surface area contributed by atoms with Crippen molar-refractivity contribution >= 4 is 0 Å². The first-order valence-corrected chi connectivity index (χ1v) is 6.28. The van der Waals surface area contributed by atoms with E-state index in [-0.39, 0.29) is 12.2 Å². The molecule has 2 rings (SSSR count). The Morgan fingerprint density at radius 3 is 2.71 bits per heavy atom. The van der Waals surface area contributed by atoms with Crippen LogP contribution in [0, 0.1) is 0 Å². The van der Waals surface area contributed by atoms with Gasteiger partial charge in [0.25, 0.3) is 0 Å². The van der Waals surface area contributed by atoms with Gasteiger partial charge in [0, 0.05) is 6.42 Å². The fourth-order valence-corrected chi connectivity index (χ4v) is 2.31. The minimum Gasteiger partial charge on any atom is -0.348 e. The highest BCUT2D eigenvalue weighted by molar-refractivity contribution is 5.19. The van der Waals surface area contributed by atoms with Crippen LogP contribution in [0.2, 0.25) is 0 Å². The van der Waals surface area contributed by atoms with E-state index in [9.17, 15) is 0 Å². The van der Waals surface area contributed by atoms with Crippen LogP contribution in [0.4, 0.5) is 0 Å². The molecule has 2 heteroatoms. The summed E-state index contributed by atoms with van der Waals surface area (Å²) >= 11 is 0. The molecule has 0 N–H and O–H groups in total. The van der Waals surface area contributed by atoms with Gasteiger partial charge in [0.2, 0.25) is 0 Å². The van der Waals surface area contributed by atoms with Gasteiger partial charge in [0.1, 0.15) is 6.79 Å². The zero-order chi connectivity index (χ0) is 12.1. The lowest BCUT2D eigenvalue weighted by Crippen LogP contribution is -2.28. The molecule has 2 nitrogen and oxygen atoms in total. The molecule has 2 unspecified atom stereocenters. The van der Waals surface area contributed by atoms with Crippen LogP contribution in [0.3, 0.4) is 0 Å². The average molecular weight is 232 g/mol. The number of hydrogen-bond donors (Lipinski definition) is 0. The van der Waals surface area contributed by atoms with Crippen LogP contribution < -0.4 is 0 Å². The number of benzene rings is 1. The summed E-state index contributed by atoms with van der Waals surface area (Å²) in [7, 11) is 0. The Hall–Kier alpha value is -1.12. The Morgan fingerprint density at radius 1 is 1.29 bits per heavy atom. The van der Waals surface area contributed by atoms with Gasteiger partial charge in [0.05, 0.1) is 12.2 Å². The smallest absolute Gasteiger partial charge is 0.148 e. The predicted molar refractivity (Wildman–Crippen MR) is 68.7 cm³/mol. The summed E-state index contributed by atoms with van der Waals surface area (Å²) in [6, 6.07) is 10.4. The van der Waals surface area contributed by atoms with Crippen molar-refractivity contribution in [1.82, 2.24) is 0 Å². The van der Waals surface area contributed by atoms with Crippen molar-refractivity contribution < 1.29 is 9.47 Å². The fraction of sp³-hybridized carbons (Fsp3) is 0.467. The Labute approximate surface area is 103 Å². The summed E-state index contributed by atoms with van der Waals surface area (Å²) in [4.78, 5) is 0. The highest BCUT2D eigenvalue weighted by Crippen LogP contribution is 2.31. The molecule has 1 aromatic rings. The van der Waals surface area contributed by atoms with Crippen LogP contribution in [0.15, 0.2) is 42.0 Å². The molecule has 17 heavy (non-hydrogen) atoms. The molecule has 0 aromatic heterocycles. The highest BCUT2D eigenvalue weighted by atomic mass is 16.7. The Balaban J connectivity index is 2.07. The first-order chi connectivity index (χ1) is 8.35. The zero-order valence-corrected chi connectivity index (χ0v) is 10.6. The Morgan fingerprint density at radius 2 is 2.06 bits per heavy atom. The van der Waals surface area contributed by atoms with E-state index in [2.05, 4.69) is 44.2 Å². The first-order valence-electron chi connectivity index (χ1n) is 6.28. The molecular weight excluding hydrogens is 212 g/mol. The number of rotatable bonds is 3. The molecular formula is C15H20O2. The monoisotopic (exact) mass is 232 g/mol. The largest absolute Gasteiger partial charge is 0.348 e. The summed E-state index contributed by atoms with van der Waals surface area (Å²) in [6.45, 7) is 4.64. The second-order valence-electron chi connectivity index (χ2n) is 4.29. The lowest BCUT2D eigenvalue weighted by molar-refractivity contribution is -0.167. The van der Waals surface area contributed by atoms with Gasteiger partial charge < -0.3 is 9.47 Å². The number of hydrogen-bond acceptors (Lipinski definition) is 2. The standard InChI is InChI=1S/C15H20O2/c1-3-12(4-2)14-10-15(17-11-16-14)13-8-6-5-7-9-13/h3,5-9,14-15H,4,10-11H2,1-2H3/b12-3+. The molecule has 0 radical (unpaired) electrons. The van der Waals surface area contributed by atoms with Crippen LogP contribution in [0.1, 0.15) is 38.4 Å². The maximum atomic E-state index is 5.68. The summed E-state index contributed by atoms with van der Waals surface area (Å²) in [6.07, 6.45) is 4.50. The van der Waals surface area contributed by atoms with Crippen molar-refractivity contribution in [2.75, 3.05) is 6.79 Å². The van der Waals surface area contributed by atoms with E-state index in [1.165, 1.54) is 11.1 Å². The molecule has 92 valence electrons. The van der Waals surface area contributed by atoms with Crippen molar-refractivity contribution in [3.63, 3.8) is 0 Å². The average Bonchev–Trinajstić information content (AvgIpc) is 2.42. The van der Waals surface area contributed by atoms with Crippen molar-refractivity contribution in [3.8, 4) is 0 Å². The van der Waals surface area contributed by atoms with Gasteiger partial charge >= 0.3 is 0 Å². The molecule has 1 heterocycles. The normalized spacial score (nSPS) is 25.9. The molecule has 1 aliphatic rings. The maximum Gasteiger partial charge on any atom is 0.148 e. The van der Waals surface area contributed by atoms with Gasteiger partial charge in [-0.1, -0.05) is 43.3 Å². The number of allylic oxidation sites excluding steroid dienone is 1. The second-order valence-corrected chi connectivity index (χ2v) is 4.29. The molecule has 0 saturated carbocycles. The highest BCUT2D eigenvalue weighted by Gasteiger charge is 2.25. The molecule has 1 aliphatic heterocycles. The van der Waals surface area contributed by atoms with Crippen LogP contribution in [-0.2, 0) is 9.47 Å². The van der Waals surface area contributed by atoms with Gasteiger partial charge in [-0.05, 0) is 24.5 Å². The van der Waals surface area contributed by atoms with Gasteiger partial charge in [-0.3, -0.25) is 0 Å². The van der Waals surface area contributed by atoms with Gasteiger partial charge in [-0.2, -0.15) is 0 Å². The third kappa shape index (κ3) is 2.96. The van der Waals surface area contributed by atoms with Crippen LogP contribution in [0.5, 0.6) is 0 Å². The second kappa shape index (κ2) is 5.99. The van der Waals surface area contributed by atoms with Crippen LogP contribution in [-0.4, -0.2) is 12.9 Å². The Kier molecular flexibility index (Phi) is 4.35. The summed E-state index contributed by atoms with van der Waals surface area (Å²) in [5.74, 6) is 0. The molecule has 2 atom stereocenters. The van der Waals surface area contributed by atoms with E-state index >= 15 is 0 Å². The zero-order valence-electron chi connectivity index (χ0n) is 10.6. The van der Waals surface area contributed by atoms with E-state index in [1.807, 2.05) is 6.07 Å². The molecule has 1 fully saturated rings. The van der Waals surface area contributed by atoms with Gasteiger partial charge in [0.15, 0.2) is 0 Å². The lowest BCUT2D eigenvalue weighted by atomic mass is 9.96. The predicted octanol–water partition coefficient (Wildman–Crippen LogP) is 3.85. The number of ether oxygens (including phenoxy) is 2. The SMILES string of the molecule is C/C=C(\CC)C1CC(c2ccccc2)OCO1. The summed E-state index contributed by atoms with van der Waals surface area (Å²) < 4.78 is 11.4. The third-order valence-corrected chi connectivity index (χ3v) is 3.33. The van der Waals surface area contributed by atoms with Crippen molar-refractivity contribution in [2.45, 2.75) is 38.9 Å². The third-order valence-electron chi connectivity index (χ3n) is 3.33. The molecule has 0 aliphatic carbocycles. The topological polar surface area (TPSA) is 18.5 Å². The first kappa shape index (κ1) is 12.3. The molecule has 1 aromatic carbocycles. The molecule has 0 spiro atoms. The van der Waals surface area contributed by atoms with Gasteiger partial charge in [-0.25, -0.2) is 0 Å². The van der Waals surface area contributed by atoms with E-state index in [4.69, 9.17) is 9.47 Å². The quantitative estimate of drug-likeness (QED) is 0.737. The lowest BCUT2D eigenvalue weighted by Gasteiger charge is -2.31. The van der Waals surface area contributed by atoms with Crippen LogP contribution in [0.25, 0.3) is 0 Å². The molecule has 0 amide bonds. The minimum atomic E-state index is 0.163. The van der Waals surface area contributed by atoms with E-state index in [0.29, 0.717) is 6.79 Å². The molecule has 1 saturated heterocycles. The van der Waals surface area contributed by atoms with Crippen molar-refractivity contribution in [3.05, 3.63) is 47.5 Å². The Bertz CT molecular complexity index is 370. The summed E-state index contributed by atoms with van der Waals surface area (Å²) in [5, 5.41) is 0. The van der Waals surface area contributed by atoms with E-state index < -0.39 is 0 Å². The van der Waals surface area contributed by atoms with E-state index in [0.717, 1.165) is 12.8 Å². The van der Waals surface area contributed by atoms with E-state index in [1.54, 1.807) is 0 Å². The fourth-order valence-electron chi connectivity index (χ4n) is 2.31. The molecule has 0 bridgehead atoms. The summed E-state index contributed by atoms with van der Waals surface area (Å²) in [5.41, 5.74) is 2.61. The van der Waals surface area contributed by atoms with Crippen molar-refractivity contribution in [2.24, 2.45) is 0 Å². The minimum absolute atomic E-state index is 0.163. The van der Waals surface area contributed by atoms with Crippen LogP contribution >= 0.6 is 0 Å². The van der Waals surface area contributed by atoms with Crippen molar-refractivity contribution in [1.29, 1.82) is 0 Å².